The van der Waals surface area contributed by atoms with Gasteiger partial charge >= 0.3 is 5.97 Å². The number of carbonyl (C=O) groups is 1. The number of carboxylic acids is 1. The number of halogens is 1. The normalized spacial score (nSPS) is 10.8. The molecule has 0 aliphatic rings. The Morgan fingerprint density at radius 1 is 1.69 bits per heavy atom. The van der Waals surface area contributed by atoms with Crippen molar-refractivity contribution in [2.75, 3.05) is 0 Å². The lowest BCUT2D eigenvalue weighted by atomic mass is 10.0. The van der Waals surface area contributed by atoms with Gasteiger partial charge in [0.25, 0.3) is 0 Å². The van der Waals surface area contributed by atoms with Crippen LogP contribution in [0.2, 0.25) is 0 Å². The monoisotopic (exact) mass is 262 g/mol. The minimum Gasteiger partial charge on any atom is -0.478 e. The molecule has 0 saturated heterocycles. The zero-order valence-corrected chi connectivity index (χ0v) is 9.91. The maximum atomic E-state index is 10.9. The number of carboxylic acid groups (broad SMARTS) is 1. The fraction of sp³-hybridized carbons (Fsp3) is 0.444. The fourth-order valence-corrected chi connectivity index (χ4v) is 2.68. The van der Waals surface area contributed by atoms with Gasteiger partial charge < -0.3 is 5.11 Å². The Bertz CT molecular complexity index is 317. The third-order valence-corrected chi connectivity index (χ3v) is 3.44. The molecule has 0 aromatic carbocycles. The first kappa shape index (κ1) is 10.7. The molecule has 0 atom stereocenters. The van der Waals surface area contributed by atoms with E-state index >= 15 is 0 Å². The van der Waals surface area contributed by atoms with Crippen LogP contribution in [-0.2, 0) is 6.42 Å². The zero-order valence-electron chi connectivity index (χ0n) is 7.50. The lowest BCUT2D eigenvalue weighted by molar-refractivity contribution is 0.0695. The van der Waals surface area contributed by atoms with Crippen LogP contribution in [0.5, 0.6) is 0 Å². The van der Waals surface area contributed by atoms with Gasteiger partial charge in [0.1, 0.15) is 0 Å². The van der Waals surface area contributed by atoms with E-state index < -0.39 is 5.97 Å². The van der Waals surface area contributed by atoms with Crippen molar-refractivity contribution in [2.24, 2.45) is 5.92 Å². The number of hydrogen-bond donors (Lipinski definition) is 1. The smallest absolute Gasteiger partial charge is 0.337 e. The van der Waals surface area contributed by atoms with E-state index in [0.717, 1.165) is 15.8 Å². The summed E-state index contributed by atoms with van der Waals surface area (Å²) in [7, 11) is 0. The van der Waals surface area contributed by atoms with E-state index in [-0.39, 0.29) is 0 Å². The standard InChI is InChI=1S/C9H11BrO2S/c1-5(2)3-6-4-13-8(10)7(6)9(11)12/h4-5H,3H2,1-2H3,(H,11,12). The summed E-state index contributed by atoms with van der Waals surface area (Å²) < 4.78 is 0.718. The molecule has 2 nitrogen and oxygen atoms in total. The van der Waals surface area contributed by atoms with Gasteiger partial charge in [-0.2, -0.15) is 0 Å². The molecule has 0 amide bonds. The summed E-state index contributed by atoms with van der Waals surface area (Å²) in [5, 5.41) is 10.8. The summed E-state index contributed by atoms with van der Waals surface area (Å²) in [6.07, 6.45) is 0.823. The summed E-state index contributed by atoms with van der Waals surface area (Å²) in [4.78, 5) is 10.9. The van der Waals surface area contributed by atoms with E-state index in [9.17, 15) is 4.79 Å². The lowest BCUT2D eigenvalue weighted by Gasteiger charge is -2.03. The van der Waals surface area contributed by atoms with E-state index in [0.29, 0.717) is 11.5 Å². The highest BCUT2D eigenvalue weighted by Gasteiger charge is 2.16. The van der Waals surface area contributed by atoms with Crippen molar-refractivity contribution < 1.29 is 9.90 Å². The van der Waals surface area contributed by atoms with Crippen LogP contribution in [-0.4, -0.2) is 11.1 Å². The Labute approximate surface area is 89.7 Å². The SMILES string of the molecule is CC(C)Cc1csc(Br)c1C(=O)O. The van der Waals surface area contributed by atoms with Gasteiger partial charge in [-0.1, -0.05) is 13.8 Å². The van der Waals surface area contributed by atoms with Gasteiger partial charge in [-0.25, -0.2) is 4.79 Å². The van der Waals surface area contributed by atoms with Crippen molar-refractivity contribution in [1.29, 1.82) is 0 Å². The molecule has 72 valence electrons. The lowest BCUT2D eigenvalue weighted by Crippen LogP contribution is -2.02. The molecule has 0 bridgehead atoms. The molecule has 0 radical (unpaired) electrons. The van der Waals surface area contributed by atoms with Gasteiger partial charge in [-0.05, 0) is 39.2 Å². The molecule has 0 fully saturated rings. The van der Waals surface area contributed by atoms with Crippen LogP contribution in [0, 0.1) is 5.92 Å². The Morgan fingerprint density at radius 2 is 2.31 bits per heavy atom. The van der Waals surface area contributed by atoms with Crippen LogP contribution in [0.4, 0.5) is 0 Å². The van der Waals surface area contributed by atoms with Crippen molar-refractivity contribution >= 4 is 33.2 Å². The molecule has 13 heavy (non-hydrogen) atoms. The molecule has 1 aromatic heterocycles. The van der Waals surface area contributed by atoms with Crippen LogP contribution >= 0.6 is 27.3 Å². The molecule has 0 aliphatic heterocycles. The predicted octanol–water partition coefficient (Wildman–Crippen LogP) is 3.41. The van der Waals surface area contributed by atoms with Crippen molar-refractivity contribution in [3.05, 3.63) is 20.3 Å². The van der Waals surface area contributed by atoms with Crippen LogP contribution < -0.4 is 0 Å². The second-order valence-corrected chi connectivity index (χ2v) is 5.51. The molecule has 1 N–H and O–H groups in total. The molecular formula is C9H11BrO2S. The molecule has 1 heterocycles. The summed E-state index contributed by atoms with van der Waals surface area (Å²) in [6, 6.07) is 0. The Morgan fingerprint density at radius 3 is 2.77 bits per heavy atom. The summed E-state index contributed by atoms with van der Waals surface area (Å²) >= 11 is 4.68. The fourth-order valence-electron chi connectivity index (χ4n) is 1.18. The van der Waals surface area contributed by atoms with E-state index in [2.05, 4.69) is 29.8 Å². The van der Waals surface area contributed by atoms with Gasteiger partial charge in [0.2, 0.25) is 0 Å². The Kier molecular flexibility index (Phi) is 3.50. The highest BCUT2D eigenvalue weighted by molar-refractivity contribution is 9.11. The second-order valence-electron chi connectivity index (χ2n) is 3.31. The molecule has 4 heteroatoms. The van der Waals surface area contributed by atoms with Crippen LogP contribution in [0.25, 0.3) is 0 Å². The number of aromatic carboxylic acids is 1. The van der Waals surface area contributed by atoms with Crippen molar-refractivity contribution in [3.63, 3.8) is 0 Å². The molecule has 0 spiro atoms. The third-order valence-electron chi connectivity index (χ3n) is 1.66. The first-order chi connectivity index (χ1) is 6.02. The Hall–Kier alpha value is -0.350. The number of rotatable bonds is 3. The van der Waals surface area contributed by atoms with Crippen molar-refractivity contribution in [3.8, 4) is 0 Å². The second kappa shape index (κ2) is 4.24. The molecule has 1 rings (SSSR count). The van der Waals surface area contributed by atoms with Gasteiger partial charge in [0.05, 0.1) is 9.35 Å². The van der Waals surface area contributed by atoms with Crippen LogP contribution in [0.1, 0.15) is 29.8 Å². The minimum absolute atomic E-state index is 0.429. The average Bonchev–Trinajstić information content (AvgIpc) is 2.30. The van der Waals surface area contributed by atoms with Gasteiger partial charge in [-0.3, -0.25) is 0 Å². The predicted molar refractivity (Wildman–Crippen MR) is 57.5 cm³/mol. The molecule has 0 saturated carbocycles. The van der Waals surface area contributed by atoms with Gasteiger partial charge in [-0.15, -0.1) is 11.3 Å². The molecular weight excluding hydrogens is 252 g/mol. The van der Waals surface area contributed by atoms with E-state index in [1.54, 1.807) is 0 Å². The number of hydrogen-bond acceptors (Lipinski definition) is 2. The minimum atomic E-state index is -0.844. The van der Waals surface area contributed by atoms with Crippen LogP contribution in [0.15, 0.2) is 9.17 Å². The molecule has 1 aromatic rings. The maximum Gasteiger partial charge on any atom is 0.337 e. The highest BCUT2D eigenvalue weighted by Crippen LogP contribution is 2.29. The highest BCUT2D eigenvalue weighted by atomic mass is 79.9. The molecule has 0 unspecified atom stereocenters. The summed E-state index contributed by atoms with van der Waals surface area (Å²) in [5.41, 5.74) is 1.36. The quantitative estimate of drug-likeness (QED) is 0.907. The van der Waals surface area contributed by atoms with Crippen molar-refractivity contribution in [2.45, 2.75) is 20.3 Å². The third kappa shape index (κ3) is 2.54. The van der Waals surface area contributed by atoms with E-state index in [1.807, 2.05) is 5.38 Å². The van der Waals surface area contributed by atoms with Gasteiger partial charge in [0, 0.05) is 0 Å². The maximum absolute atomic E-state index is 10.9. The molecule has 0 aliphatic carbocycles. The summed E-state index contributed by atoms with van der Waals surface area (Å²) in [6.45, 7) is 4.16. The largest absolute Gasteiger partial charge is 0.478 e. The van der Waals surface area contributed by atoms with Gasteiger partial charge in [0.15, 0.2) is 0 Å². The van der Waals surface area contributed by atoms with E-state index in [4.69, 9.17) is 5.11 Å². The average molecular weight is 263 g/mol. The van der Waals surface area contributed by atoms with E-state index in [1.165, 1.54) is 11.3 Å². The summed E-state index contributed by atoms with van der Waals surface area (Å²) in [5.74, 6) is -0.358. The Balaban J connectivity index is 3.00. The first-order valence-electron chi connectivity index (χ1n) is 4.01. The zero-order chi connectivity index (χ0) is 10.0. The number of thiophene rings is 1. The van der Waals surface area contributed by atoms with Crippen molar-refractivity contribution in [1.82, 2.24) is 0 Å². The topological polar surface area (TPSA) is 37.3 Å². The first-order valence-corrected chi connectivity index (χ1v) is 5.68. The van der Waals surface area contributed by atoms with Crippen LogP contribution in [0.3, 0.4) is 0 Å².